The Bertz CT molecular complexity index is 279. The Kier molecular flexibility index (Phi) is 4.76. The van der Waals surface area contributed by atoms with Crippen LogP contribution >= 0.6 is 0 Å². The Balaban J connectivity index is 2.61. The molecule has 0 amide bonds. The molecule has 1 aromatic rings. The van der Waals surface area contributed by atoms with E-state index in [1.807, 2.05) is 0 Å². The fourth-order valence-electron chi connectivity index (χ4n) is 1.42. The molecule has 0 aliphatic carbocycles. The van der Waals surface area contributed by atoms with E-state index in [2.05, 4.69) is 20.3 Å². The minimum Gasteiger partial charge on any atom is -0.376 e. The number of hydrogen-bond donors (Lipinski definition) is 0. The molecule has 1 radical (unpaired) electrons. The summed E-state index contributed by atoms with van der Waals surface area (Å²) in [6.07, 6.45) is 3.08. The molecule has 1 aromatic carbocycles. The summed E-state index contributed by atoms with van der Waals surface area (Å²) < 4.78 is 18.1. The van der Waals surface area contributed by atoms with Crippen LogP contribution in [0.25, 0.3) is 0 Å². The average molecular weight is 209 g/mol. The van der Waals surface area contributed by atoms with Gasteiger partial charge in [-0.2, -0.15) is 0 Å². The monoisotopic (exact) mass is 209 g/mol. The maximum Gasteiger partial charge on any atom is 0.123 e. The summed E-state index contributed by atoms with van der Waals surface area (Å²) in [6, 6.07) is 6.45. The zero-order valence-corrected chi connectivity index (χ0v) is 9.53. The number of halogens is 1. The first kappa shape index (κ1) is 12.2. The first-order valence-corrected chi connectivity index (χ1v) is 5.25. The standard InChI is InChI=1S/C13H18FO/c1-10(2)4-9-13(15-3)11-5-7-12(14)8-6-11/h5-10,13H,4H2,1-3H3. The van der Waals surface area contributed by atoms with Crippen LogP contribution in [0, 0.1) is 18.2 Å². The summed E-state index contributed by atoms with van der Waals surface area (Å²) in [6.45, 7) is 4.32. The second-order valence-corrected chi connectivity index (χ2v) is 4.07. The van der Waals surface area contributed by atoms with E-state index in [9.17, 15) is 4.39 Å². The minimum absolute atomic E-state index is 0.0343. The summed E-state index contributed by atoms with van der Waals surface area (Å²) in [5, 5.41) is 0. The fourth-order valence-corrected chi connectivity index (χ4v) is 1.42. The average Bonchev–Trinajstić information content (AvgIpc) is 2.21. The van der Waals surface area contributed by atoms with Crippen molar-refractivity contribution in [1.82, 2.24) is 0 Å². The molecule has 1 unspecified atom stereocenters. The van der Waals surface area contributed by atoms with Gasteiger partial charge >= 0.3 is 0 Å². The molecule has 0 saturated carbocycles. The van der Waals surface area contributed by atoms with Crippen LogP contribution in [0.5, 0.6) is 0 Å². The summed E-state index contributed by atoms with van der Waals surface area (Å²) >= 11 is 0. The fraction of sp³-hybridized carbons (Fsp3) is 0.462. The second-order valence-electron chi connectivity index (χ2n) is 4.07. The van der Waals surface area contributed by atoms with Crippen molar-refractivity contribution in [1.29, 1.82) is 0 Å². The van der Waals surface area contributed by atoms with Crippen LogP contribution in [0.15, 0.2) is 24.3 Å². The van der Waals surface area contributed by atoms with Crippen molar-refractivity contribution >= 4 is 0 Å². The molecule has 0 spiro atoms. The molecule has 0 heterocycles. The summed E-state index contributed by atoms with van der Waals surface area (Å²) in [7, 11) is 1.67. The van der Waals surface area contributed by atoms with Gasteiger partial charge in [0.15, 0.2) is 0 Å². The van der Waals surface area contributed by atoms with Gasteiger partial charge in [-0.1, -0.05) is 26.0 Å². The largest absolute Gasteiger partial charge is 0.376 e. The Morgan fingerprint density at radius 3 is 2.33 bits per heavy atom. The van der Waals surface area contributed by atoms with Gasteiger partial charge in [-0.3, -0.25) is 0 Å². The van der Waals surface area contributed by atoms with Crippen LogP contribution in [0.3, 0.4) is 0 Å². The maximum absolute atomic E-state index is 12.7. The van der Waals surface area contributed by atoms with E-state index in [4.69, 9.17) is 4.74 Å². The predicted octanol–water partition coefficient (Wildman–Crippen LogP) is 3.76. The molecule has 0 aromatic heterocycles. The lowest BCUT2D eigenvalue weighted by atomic mass is 10.00. The van der Waals surface area contributed by atoms with Crippen LogP contribution in [0.4, 0.5) is 4.39 Å². The van der Waals surface area contributed by atoms with Crippen molar-refractivity contribution in [2.75, 3.05) is 7.11 Å². The van der Waals surface area contributed by atoms with Crippen LogP contribution in [-0.4, -0.2) is 7.11 Å². The maximum atomic E-state index is 12.7. The highest BCUT2D eigenvalue weighted by Crippen LogP contribution is 2.23. The zero-order valence-electron chi connectivity index (χ0n) is 9.53. The second kappa shape index (κ2) is 5.86. The topological polar surface area (TPSA) is 9.23 Å². The molecule has 1 rings (SSSR count). The van der Waals surface area contributed by atoms with Crippen molar-refractivity contribution < 1.29 is 9.13 Å². The highest BCUT2D eigenvalue weighted by molar-refractivity contribution is 5.20. The van der Waals surface area contributed by atoms with E-state index in [0.717, 1.165) is 12.0 Å². The molecule has 0 aliphatic heterocycles. The van der Waals surface area contributed by atoms with E-state index >= 15 is 0 Å². The van der Waals surface area contributed by atoms with E-state index in [1.165, 1.54) is 12.1 Å². The van der Waals surface area contributed by atoms with Crippen molar-refractivity contribution in [2.24, 2.45) is 5.92 Å². The van der Waals surface area contributed by atoms with E-state index in [-0.39, 0.29) is 11.9 Å². The van der Waals surface area contributed by atoms with Gasteiger partial charge in [0.2, 0.25) is 0 Å². The Labute approximate surface area is 91.3 Å². The highest BCUT2D eigenvalue weighted by Gasteiger charge is 2.11. The van der Waals surface area contributed by atoms with Gasteiger partial charge in [-0.25, -0.2) is 4.39 Å². The third-order valence-electron chi connectivity index (χ3n) is 2.27. The SMILES string of the molecule is COC([CH]CC(C)C)c1ccc(F)cc1. The predicted molar refractivity (Wildman–Crippen MR) is 59.9 cm³/mol. The van der Waals surface area contributed by atoms with Gasteiger partial charge in [-0.05, 0) is 36.5 Å². The molecule has 0 N–H and O–H groups in total. The quantitative estimate of drug-likeness (QED) is 0.717. The van der Waals surface area contributed by atoms with E-state index < -0.39 is 0 Å². The summed E-state index contributed by atoms with van der Waals surface area (Å²) in [5.41, 5.74) is 1.000. The van der Waals surface area contributed by atoms with E-state index in [0.29, 0.717) is 5.92 Å². The lowest BCUT2D eigenvalue weighted by Gasteiger charge is -2.16. The molecule has 1 atom stereocenters. The molecule has 2 heteroatoms. The Morgan fingerprint density at radius 1 is 1.27 bits per heavy atom. The van der Waals surface area contributed by atoms with Crippen LogP contribution < -0.4 is 0 Å². The van der Waals surface area contributed by atoms with Gasteiger partial charge in [0.25, 0.3) is 0 Å². The Hall–Kier alpha value is -0.890. The van der Waals surface area contributed by atoms with Crippen molar-refractivity contribution in [2.45, 2.75) is 26.4 Å². The van der Waals surface area contributed by atoms with Gasteiger partial charge < -0.3 is 4.74 Å². The minimum atomic E-state index is -0.211. The lowest BCUT2D eigenvalue weighted by Crippen LogP contribution is -2.04. The first-order chi connectivity index (χ1) is 7.13. The third-order valence-corrected chi connectivity index (χ3v) is 2.27. The smallest absolute Gasteiger partial charge is 0.123 e. The molecule has 0 fully saturated rings. The first-order valence-electron chi connectivity index (χ1n) is 5.25. The number of ether oxygens (including phenoxy) is 1. The lowest BCUT2D eigenvalue weighted by molar-refractivity contribution is 0.125. The molecule has 0 bridgehead atoms. The van der Waals surface area contributed by atoms with Gasteiger partial charge in [0.05, 0.1) is 6.10 Å². The number of benzene rings is 1. The number of hydrogen-bond acceptors (Lipinski definition) is 1. The zero-order chi connectivity index (χ0) is 11.3. The van der Waals surface area contributed by atoms with Crippen LogP contribution in [0.2, 0.25) is 0 Å². The molecule has 15 heavy (non-hydrogen) atoms. The molecule has 0 saturated heterocycles. The highest BCUT2D eigenvalue weighted by atomic mass is 19.1. The number of methoxy groups -OCH3 is 1. The van der Waals surface area contributed by atoms with Crippen molar-refractivity contribution in [3.63, 3.8) is 0 Å². The molecular formula is C13H18FO. The molecule has 1 nitrogen and oxygen atoms in total. The molecule has 0 aliphatic rings. The number of rotatable bonds is 5. The van der Waals surface area contributed by atoms with Gasteiger partial charge in [0, 0.05) is 7.11 Å². The summed E-state index contributed by atoms with van der Waals surface area (Å²) in [5.74, 6) is 0.403. The third kappa shape index (κ3) is 4.00. The van der Waals surface area contributed by atoms with Gasteiger partial charge in [-0.15, -0.1) is 0 Å². The van der Waals surface area contributed by atoms with Crippen LogP contribution in [0.1, 0.15) is 31.9 Å². The normalized spacial score (nSPS) is 13.1. The summed E-state index contributed by atoms with van der Waals surface area (Å²) in [4.78, 5) is 0. The Morgan fingerprint density at radius 2 is 1.87 bits per heavy atom. The van der Waals surface area contributed by atoms with Crippen molar-refractivity contribution in [3.8, 4) is 0 Å². The molecule has 83 valence electrons. The van der Waals surface area contributed by atoms with Gasteiger partial charge in [0.1, 0.15) is 5.82 Å². The van der Waals surface area contributed by atoms with Crippen molar-refractivity contribution in [3.05, 3.63) is 42.1 Å². The van der Waals surface area contributed by atoms with E-state index in [1.54, 1.807) is 19.2 Å². The van der Waals surface area contributed by atoms with Crippen LogP contribution in [-0.2, 0) is 4.74 Å². The molecular weight excluding hydrogens is 191 g/mol.